The molecule has 2 aliphatic carbocycles. The maximum absolute atomic E-state index is 13.3. The molecule has 3 heterocycles. The van der Waals surface area contributed by atoms with Crippen LogP contribution in [0, 0.1) is 12.8 Å². The van der Waals surface area contributed by atoms with Crippen LogP contribution in [-0.4, -0.2) is 32.0 Å². The summed E-state index contributed by atoms with van der Waals surface area (Å²) in [7, 11) is 0. The lowest BCUT2D eigenvalue weighted by molar-refractivity contribution is 0.0943. The van der Waals surface area contributed by atoms with Crippen LogP contribution in [0.5, 0.6) is 0 Å². The summed E-state index contributed by atoms with van der Waals surface area (Å²) in [5, 5.41) is 6.15. The lowest BCUT2D eigenvalue weighted by atomic mass is 9.89. The smallest absolute Gasteiger partial charge is 0.253 e. The average molecular weight is 490 g/mol. The predicted molar refractivity (Wildman–Crippen MR) is 141 cm³/mol. The van der Waals surface area contributed by atoms with Gasteiger partial charge in [-0.25, -0.2) is 4.98 Å². The molecule has 1 amide bonds. The van der Waals surface area contributed by atoms with Gasteiger partial charge in [-0.2, -0.15) is 0 Å². The van der Waals surface area contributed by atoms with Crippen molar-refractivity contribution in [3.63, 3.8) is 0 Å². The monoisotopic (exact) mass is 489 g/mol. The van der Waals surface area contributed by atoms with Crippen LogP contribution in [0.4, 0.5) is 0 Å². The number of carbonyl (C=O) groups is 1. The molecule has 5 rings (SSSR count). The van der Waals surface area contributed by atoms with E-state index in [0.717, 1.165) is 52.9 Å². The molecule has 6 nitrogen and oxygen atoms in total. The van der Waals surface area contributed by atoms with Crippen molar-refractivity contribution in [2.24, 2.45) is 5.92 Å². The molecule has 7 heteroatoms. The van der Waals surface area contributed by atoms with Crippen LogP contribution in [0.3, 0.4) is 0 Å². The van der Waals surface area contributed by atoms with Gasteiger partial charge in [-0.15, -0.1) is 11.3 Å². The minimum Gasteiger partial charge on any atom is -0.352 e. The molecule has 0 bridgehead atoms. The highest BCUT2D eigenvalue weighted by atomic mass is 32.1. The Hall–Kier alpha value is -2.80. The average Bonchev–Trinajstić information content (AvgIpc) is 3.53. The van der Waals surface area contributed by atoms with E-state index in [1.54, 1.807) is 29.9 Å². The van der Waals surface area contributed by atoms with Crippen molar-refractivity contribution in [2.75, 3.05) is 6.54 Å². The van der Waals surface area contributed by atoms with Gasteiger partial charge in [0.2, 0.25) is 0 Å². The van der Waals surface area contributed by atoms with Crippen molar-refractivity contribution in [3.05, 3.63) is 52.9 Å². The van der Waals surface area contributed by atoms with Gasteiger partial charge >= 0.3 is 0 Å². The SMILES string of the molecule is Cc1c(C(=O)NCC2CCCCC2)cc(-c2csc(-c3cnccn3)n2)n1CCC1=CCCCC1. The van der Waals surface area contributed by atoms with Crippen molar-refractivity contribution in [1.29, 1.82) is 0 Å². The normalized spacial score (nSPS) is 16.8. The number of hydrogen-bond acceptors (Lipinski definition) is 5. The summed E-state index contributed by atoms with van der Waals surface area (Å²) in [6.07, 6.45) is 19.9. The molecular weight excluding hydrogens is 454 g/mol. The molecular formula is C28H35N5OS. The van der Waals surface area contributed by atoms with E-state index >= 15 is 0 Å². The van der Waals surface area contributed by atoms with Gasteiger partial charge in [-0.05, 0) is 63.9 Å². The Kier molecular flexibility index (Phi) is 7.72. The molecule has 3 aromatic rings. The van der Waals surface area contributed by atoms with E-state index in [1.807, 2.05) is 6.07 Å². The van der Waals surface area contributed by atoms with Crippen molar-refractivity contribution < 1.29 is 4.79 Å². The Morgan fingerprint density at radius 3 is 2.80 bits per heavy atom. The molecule has 0 unspecified atom stereocenters. The number of thiazole rings is 1. The third kappa shape index (κ3) is 5.72. The van der Waals surface area contributed by atoms with E-state index in [4.69, 9.17) is 4.98 Å². The predicted octanol–water partition coefficient (Wildman–Crippen LogP) is 6.58. The van der Waals surface area contributed by atoms with Crippen molar-refractivity contribution in [1.82, 2.24) is 24.8 Å². The van der Waals surface area contributed by atoms with Crippen LogP contribution in [0.15, 0.2) is 41.7 Å². The second-order valence-corrected chi connectivity index (χ2v) is 10.7. The molecule has 0 atom stereocenters. The molecule has 2 aliphatic rings. The lowest BCUT2D eigenvalue weighted by Gasteiger charge is -2.21. The number of nitrogens with one attached hydrogen (secondary N) is 1. The zero-order valence-electron chi connectivity index (χ0n) is 20.6. The quantitative estimate of drug-likeness (QED) is 0.363. The van der Waals surface area contributed by atoms with E-state index in [-0.39, 0.29) is 5.91 Å². The molecule has 0 saturated heterocycles. The fourth-order valence-electron chi connectivity index (χ4n) is 5.40. The van der Waals surface area contributed by atoms with Gasteiger partial charge in [-0.3, -0.25) is 14.8 Å². The fraction of sp³-hybridized carbons (Fsp3) is 0.500. The number of carbonyl (C=O) groups excluding carboxylic acids is 1. The maximum atomic E-state index is 13.3. The first-order valence-corrected chi connectivity index (χ1v) is 14.0. The van der Waals surface area contributed by atoms with Crippen LogP contribution in [0.2, 0.25) is 0 Å². The molecule has 0 aliphatic heterocycles. The molecule has 1 fully saturated rings. The molecule has 3 aromatic heterocycles. The first-order valence-electron chi connectivity index (χ1n) is 13.1. The summed E-state index contributed by atoms with van der Waals surface area (Å²) >= 11 is 1.57. The van der Waals surface area contributed by atoms with E-state index < -0.39 is 0 Å². The van der Waals surface area contributed by atoms with Gasteiger partial charge in [0.05, 0.1) is 23.1 Å². The van der Waals surface area contributed by atoms with Crippen LogP contribution >= 0.6 is 11.3 Å². The van der Waals surface area contributed by atoms with Gasteiger partial charge in [-0.1, -0.05) is 30.9 Å². The Bertz CT molecular complexity index is 1170. The highest BCUT2D eigenvalue weighted by molar-refractivity contribution is 7.13. The molecule has 1 N–H and O–H groups in total. The molecule has 1 saturated carbocycles. The van der Waals surface area contributed by atoms with E-state index in [1.165, 1.54) is 63.4 Å². The highest BCUT2D eigenvalue weighted by Crippen LogP contribution is 2.32. The number of aromatic nitrogens is 4. The second kappa shape index (κ2) is 11.3. The van der Waals surface area contributed by atoms with Gasteiger partial charge in [0, 0.05) is 36.6 Å². The summed E-state index contributed by atoms with van der Waals surface area (Å²) in [5.41, 5.74) is 6.00. The van der Waals surface area contributed by atoms with Gasteiger partial charge in [0.15, 0.2) is 0 Å². The summed E-state index contributed by atoms with van der Waals surface area (Å²) in [5.74, 6) is 0.648. The first kappa shape index (κ1) is 23.9. The zero-order chi connectivity index (χ0) is 24.0. The van der Waals surface area contributed by atoms with Gasteiger partial charge in [0.25, 0.3) is 5.91 Å². The van der Waals surface area contributed by atoms with Crippen molar-refractivity contribution in [3.8, 4) is 22.1 Å². The van der Waals surface area contributed by atoms with Gasteiger partial charge < -0.3 is 9.88 Å². The number of hydrogen-bond donors (Lipinski definition) is 1. The molecule has 0 aromatic carbocycles. The standard InChI is InChI=1S/C28H35N5OS/c1-20-23(27(34)31-17-22-10-6-3-7-11-22)16-26(33(20)15-12-21-8-4-2-5-9-21)25-19-35-28(32-25)24-18-29-13-14-30-24/h8,13-14,16,18-19,22H,2-7,9-12,15,17H2,1H3,(H,31,34). The molecule has 0 radical (unpaired) electrons. The minimum absolute atomic E-state index is 0.0364. The number of rotatable bonds is 8. The van der Waals surface area contributed by atoms with Gasteiger partial charge in [0.1, 0.15) is 10.7 Å². The van der Waals surface area contributed by atoms with Crippen LogP contribution in [0.1, 0.15) is 80.3 Å². The summed E-state index contributed by atoms with van der Waals surface area (Å²) in [6.45, 7) is 3.71. The Balaban J connectivity index is 1.40. The van der Waals surface area contributed by atoms with Crippen molar-refractivity contribution >= 4 is 17.2 Å². The Morgan fingerprint density at radius 2 is 2.03 bits per heavy atom. The summed E-state index contributed by atoms with van der Waals surface area (Å²) in [6, 6.07) is 2.04. The van der Waals surface area contributed by atoms with E-state index in [0.29, 0.717) is 5.92 Å². The second-order valence-electron chi connectivity index (χ2n) is 9.88. The third-order valence-electron chi connectivity index (χ3n) is 7.48. The number of amides is 1. The topological polar surface area (TPSA) is 72.7 Å². The minimum atomic E-state index is 0.0364. The molecule has 35 heavy (non-hydrogen) atoms. The van der Waals surface area contributed by atoms with Crippen LogP contribution in [0.25, 0.3) is 22.1 Å². The summed E-state index contributed by atoms with van der Waals surface area (Å²) in [4.78, 5) is 26.7. The number of allylic oxidation sites excluding steroid dienone is 2. The third-order valence-corrected chi connectivity index (χ3v) is 8.34. The number of nitrogens with zero attached hydrogens (tertiary/aromatic N) is 4. The molecule has 184 valence electrons. The fourth-order valence-corrected chi connectivity index (χ4v) is 6.18. The zero-order valence-corrected chi connectivity index (χ0v) is 21.4. The van der Waals surface area contributed by atoms with E-state index in [9.17, 15) is 4.79 Å². The lowest BCUT2D eigenvalue weighted by Crippen LogP contribution is -2.30. The first-order chi connectivity index (χ1) is 17.2. The largest absolute Gasteiger partial charge is 0.352 e. The Morgan fingerprint density at radius 1 is 1.14 bits per heavy atom. The van der Waals surface area contributed by atoms with Crippen LogP contribution < -0.4 is 5.32 Å². The Labute approximate surface area is 211 Å². The van der Waals surface area contributed by atoms with E-state index in [2.05, 4.69) is 38.2 Å². The maximum Gasteiger partial charge on any atom is 0.253 e. The highest BCUT2D eigenvalue weighted by Gasteiger charge is 2.22. The molecule has 0 spiro atoms. The van der Waals surface area contributed by atoms with Crippen LogP contribution in [-0.2, 0) is 6.54 Å². The van der Waals surface area contributed by atoms with Crippen molar-refractivity contribution in [2.45, 2.75) is 77.7 Å². The summed E-state index contributed by atoms with van der Waals surface area (Å²) < 4.78 is 2.29.